The highest BCUT2D eigenvalue weighted by Gasteiger charge is 2.38. The number of pyridine rings is 1. The number of hydrogen-bond acceptors (Lipinski definition) is 6. The van der Waals surface area contributed by atoms with Gasteiger partial charge in [-0.15, -0.1) is 0 Å². The summed E-state index contributed by atoms with van der Waals surface area (Å²) in [5, 5.41) is 0.840. The standard InChI is InChI=1S/C21H23N5O2S/c27-29(28,19-5-1-3-16-4-2-11-23-21(16)19)25-13-9-18(10-14-25)26(17-6-7-17)20-8-12-22-15-24-20/h1-5,8,11-12,15,17-18H,6-7,9-10,13-14H2. The molecule has 2 fully saturated rings. The fraction of sp³-hybridized carbons (Fsp3) is 0.381. The number of para-hydroxylation sites is 1. The number of fused-ring (bicyclic) bond motifs is 1. The van der Waals surface area contributed by atoms with Crippen LogP contribution in [0.2, 0.25) is 0 Å². The number of aromatic nitrogens is 3. The van der Waals surface area contributed by atoms with E-state index in [9.17, 15) is 8.42 Å². The van der Waals surface area contributed by atoms with Crippen LogP contribution in [0.3, 0.4) is 0 Å². The fourth-order valence-electron chi connectivity index (χ4n) is 4.25. The van der Waals surface area contributed by atoms with Gasteiger partial charge in [-0.3, -0.25) is 4.98 Å². The Morgan fingerprint density at radius 2 is 1.66 bits per heavy atom. The SMILES string of the molecule is O=S(=O)(c1cccc2cccnc12)N1CCC(N(c2ccncn2)C2CC2)CC1. The molecular formula is C21H23N5O2S. The van der Waals surface area contributed by atoms with Crippen molar-refractivity contribution in [1.29, 1.82) is 0 Å². The first kappa shape index (κ1) is 18.4. The van der Waals surface area contributed by atoms with Gasteiger partial charge in [0, 0.05) is 43.0 Å². The molecule has 1 aliphatic heterocycles. The van der Waals surface area contributed by atoms with Crippen LogP contribution in [0.5, 0.6) is 0 Å². The zero-order valence-corrected chi connectivity index (χ0v) is 16.9. The van der Waals surface area contributed by atoms with Gasteiger partial charge in [0.2, 0.25) is 10.0 Å². The van der Waals surface area contributed by atoms with E-state index in [4.69, 9.17) is 0 Å². The van der Waals surface area contributed by atoms with E-state index in [1.54, 1.807) is 35.2 Å². The van der Waals surface area contributed by atoms with Gasteiger partial charge in [0.1, 0.15) is 17.0 Å². The van der Waals surface area contributed by atoms with Gasteiger partial charge in [0.25, 0.3) is 0 Å². The molecule has 2 aliphatic rings. The molecule has 1 saturated heterocycles. The van der Waals surface area contributed by atoms with Crippen molar-refractivity contribution in [3.8, 4) is 0 Å². The summed E-state index contributed by atoms with van der Waals surface area (Å²) in [5.74, 6) is 0.946. The number of benzene rings is 1. The minimum absolute atomic E-state index is 0.295. The van der Waals surface area contributed by atoms with Crippen molar-refractivity contribution in [3.05, 3.63) is 55.1 Å². The van der Waals surface area contributed by atoms with Crippen molar-refractivity contribution < 1.29 is 8.42 Å². The number of hydrogen-bond donors (Lipinski definition) is 0. The van der Waals surface area contributed by atoms with Crippen LogP contribution < -0.4 is 4.90 Å². The molecular weight excluding hydrogens is 386 g/mol. The molecule has 0 atom stereocenters. The summed E-state index contributed by atoms with van der Waals surface area (Å²) in [6, 6.07) is 11.8. The molecule has 0 bridgehead atoms. The predicted octanol–water partition coefficient (Wildman–Crippen LogP) is 2.85. The van der Waals surface area contributed by atoms with Crippen LogP contribution in [0.15, 0.2) is 60.0 Å². The summed E-state index contributed by atoms with van der Waals surface area (Å²) >= 11 is 0. The van der Waals surface area contributed by atoms with E-state index < -0.39 is 10.0 Å². The first-order chi connectivity index (χ1) is 14.1. The maximum Gasteiger partial charge on any atom is 0.245 e. The number of anilines is 1. The first-order valence-corrected chi connectivity index (χ1v) is 11.5. The van der Waals surface area contributed by atoms with E-state index in [1.165, 1.54) is 12.8 Å². The number of nitrogens with zero attached hydrogens (tertiary/aromatic N) is 5. The maximum absolute atomic E-state index is 13.3. The third-order valence-corrected chi connectivity index (χ3v) is 7.73. The molecule has 1 aromatic carbocycles. The molecule has 1 aliphatic carbocycles. The van der Waals surface area contributed by atoms with Gasteiger partial charge < -0.3 is 4.90 Å². The highest BCUT2D eigenvalue weighted by Crippen LogP contribution is 2.36. The van der Waals surface area contributed by atoms with Crippen LogP contribution in [-0.4, -0.2) is 52.8 Å². The summed E-state index contributed by atoms with van der Waals surface area (Å²) in [4.78, 5) is 15.5. The van der Waals surface area contributed by atoms with Crippen LogP contribution in [-0.2, 0) is 10.0 Å². The van der Waals surface area contributed by atoms with Crippen LogP contribution in [0.1, 0.15) is 25.7 Å². The first-order valence-electron chi connectivity index (χ1n) is 10.0. The van der Waals surface area contributed by atoms with Crippen molar-refractivity contribution in [2.45, 2.75) is 42.7 Å². The fourth-order valence-corrected chi connectivity index (χ4v) is 5.88. The monoisotopic (exact) mass is 409 g/mol. The molecule has 2 aromatic heterocycles. The Morgan fingerprint density at radius 3 is 2.38 bits per heavy atom. The smallest absolute Gasteiger partial charge is 0.245 e. The number of sulfonamides is 1. The lowest BCUT2D eigenvalue weighted by atomic mass is 10.0. The van der Waals surface area contributed by atoms with Gasteiger partial charge >= 0.3 is 0 Å². The zero-order chi connectivity index (χ0) is 19.8. The summed E-state index contributed by atoms with van der Waals surface area (Å²) in [6.07, 6.45) is 8.91. The molecule has 8 heteroatoms. The van der Waals surface area contributed by atoms with Gasteiger partial charge in [-0.1, -0.05) is 18.2 Å². The minimum Gasteiger partial charge on any atom is -0.350 e. The molecule has 0 N–H and O–H groups in total. The van der Waals surface area contributed by atoms with Crippen molar-refractivity contribution in [2.75, 3.05) is 18.0 Å². The van der Waals surface area contributed by atoms with E-state index >= 15 is 0 Å². The van der Waals surface area contributed by atoms with E-state index in [1.807, 2.05) is 24.3 Å². The van der Waals surface area contributed by atoms with Crippen molar-refractivity contribution >= 4 is 26.7 Å². The Balaban J connectivity index is 1.37. The normalized spacial score (nSPS) is 18.8. The third kappa shape index (κ3) is 3.47. The summed E-state index contributed by atoms with van der Waals surface area (Å²) in [7, 11) is -3.58. The number of rotatable bonds is 5. The molecule has 0 unspecified atom stereocenters. The Bertz CT molecular complexity index is 1100. The average Bonchev–Trinajstić information content (AvgIpc) is 3.60. The van der Waals surface area contributed by atoms with Gasteiger partial charge in [-0.2, -0.15) is 4.31 Å². The van der Waals surface area contributed by atoms with Gasteiger partial charge in [-0.05, 0) is 43.9 Å². The third-order valence-electron chi connectivity index (χ3n) is 5.80. The lowest BCUT2D eigenvalue weighted by Crippen LogP contribution is -2.48. The van der Waals surface area contributed by atoms with Crippen molar-refractivity contribution in [1.82, 2.24) is 19.3 Å². The second kappa shape index (κ2) is 7.35. The second-order valence-corrected chi connectivity index (χ2v) is 9.58. The quantitative estimate of drug-likeness (QED) is 0.645. The Hall–Kier alpha value is -2.58. The lowest BCUT2D eigenvalue weighted by molar-refractivity contribution is 0.308. The van der Waals surface area contributed by atoms with E-state index in [0.29, 0.717) is 35.6 Å². The van der Waals surface area contributed by atoms with Gasteiger partial charge in [-0.25, -0.2) is 18.4 Å². The van der Waals surface area contributed by atoms with E-state index in [2.05, 4.69) is 19.9 Å². The maximum atomic E-state index is 13.3. The molecule has 7 nitrogen and oxygen atoms in total. The van der Waals surface area contributed by atoms with Crippen molar-refractivity contribution in [3.63, 3.8) is 0 Å². The summed E-state index contributed by atoms with van der Waals surface area (Å²) < 4.78 is 28.3. The molecule has 0 radical (unpaired) electrons. The lowest BCUT2D eigenvalue weighted by Gasteiger charge is -2.39. The Labute approximate surface area is 170 Å². The Kier molecular flexibility index (Phi) is 4.67. The van der Waals surface area contributed by atoms with Crippen LogP contribution in [0.25, 0.3) is 10.9 Å². The largest absolute Gasteiger partial charge is 0.350 e. The van der Waals surface area contributed by atoms with Gasteiger partial charge in [0.05, 0.1) is 5.52 Å². The molecule has 0 amide bonds. The van der Waals surface area contributed by atoms with Gasteiger partial charge in [0.15, 0.2) is 0 Å². The summed E-state index contributed by atoms with van der Waals surface area (Å²) in [6.45, 7) is 1.01. The minimum atomic E-state index is -3.58. The molecule has 3 aromatic rings. The molecule has 0 spiro atoms. The average molecular weight is 410 g/mol. The highest BCUT2D eigenvalue weighted by molar-refractivity contribution is 7.89. The van der Waals surface area contributed by atoms with Crippen LogP contribution >= 0.6 is 0 Å². The second-order valence-electron chi connectivity index (χ2n) is 7.67. The number of piperidine rings is 1. The van der Waals surface area contributed by atoms with E-state index in [0.717, 1.165) is 24.0 Å². The highest BCUT2D eigenvalue weighted by atomic mass is 32.2. The topological polar surface area (TPSA) is 79.3 Å². The molecule has 150 valence electrons. The Morgan fingerprint density at radius 1 is 0.897 bits per heavy atom. The molecule has 5 rings (SSSR count). The van der Waals surface area contributed by atoms with Crippen LogP contribution in [0.4, 0.5) is 5.82 Å². The van der Waals surface area contributed by atoms with E-state index in [-0.39, 0.29) is 0 Å². The predicted molar refractivity (Wildman–Crippen MR) is 111 cm³/mol. The van der Waals surface area contributed by atoms with Crippen LogP contribution in [0, 0.1) is 0 Å². The molecule has 3 heterocycles. The summed E-state index contributed by atoms with van der Waals surface area (Å²) in [5.41, 5.74) is 0.540. The van der Waals surface area contributed by atoms with Crippen molar-refractivity contribution in [2.24, 2.45) is 0 Å². The molecule has 1 saturated carbocycles. The zero-order valence-electron chi connectivity index (χ0n) is 16.1. The molecule has 29 heavy (non-hydrogen) atoms.